The Labute approximate surface area is 171 Å². The van der Waals surface area contributed by atoms with E-state index in [-0.39, 0.29) is 42.4 Å². The summed E-state index contributed by atoms with van der Waals surface area (Å²) in [4.78, 5) is 38.8. The zero-order valence-corrected chi connectivity index (χ0v) is 17.0. The van der Waals surface area contributed by atoms with Gasteiger partial charge >= 0.3 is 0 Å². The second-order valence-electron chi connectivity index (χ2n) is 7.93. The number of ketones is 1. The van der Waals surface area contributed by atoms with Crippen LogP contribution in [0, 0.1) is 5.92 Å². The normalized spacial score (nSPS) is 18.7. The van der Waals surface area contributed by atoms with E-state index >= 15 is 0 Å². The van der Waals surface area contributed by atoms with Crippen LogP contribution < -0.4 is 5.32 Å². The number of likely N-dealkylation sites (tertiary alicyclic amines) is 1. The number of nitrogens with one attached hydrogen (secondary N) is 1. The molecule has 1 saturated heterocycles. The van der Waals surface area contributed by atoms with Gasteiger partial charge in [-0.25, -0.2) is 0 Å². The van der Waals surface area contributed by atoms with Crippen LogP contribution in [0.15, 0.2) is 24.3 Å². The number of benzene rings is 1. The highest BCUT2D eigenvalue weighted by Gasteiger charge is 2.27. The molecule has 3 rings (SSSR count). The molecule has 1 aromatic rings. The van der Waals surface area contributed by atoms with Crippen molar-refractivity contribution in [2.45, 2.75) is 63.8 Å². The predicted molar refractivity (Wildman–Crippen MR) is 109 cm³/mol. The number of rotatable bonds is 6. The number of carbonyl (C=O) groups excluding carboxylic acids is 3. The van der Waals surface area contributed by atoms with Gasteiger partial charge in [0.2, 0.25) is 11.8 Å². The number of nitrogens with zero attached hydrogens (tertiary/aromatic N) is 1. The van der Waals surface area contributed by atoms with Crippen LogP contribution in [0.1, 0.15) is 68.1 Å². The van der Waals surface area contributed by atoms with Crippen LogP contribution in [0.2, 0.25) is 5.02 Å². The SMILES string of the molecule is O=C(CCC(=O)N1CCC(NC(=O)C2CCCCC2)CC1)c1ccc(Cl)cc1. The molecule has 6 heteroatoms. The number of piperidine rings is 1. The fraction of sp³-hybridized carbons (Fsp3) is 0.591. The maximum atomic E-state index is 12.4. The fourth-order valence-corrected chi connectivity index (χ4v) is 4.24. The van der Waals surface area contributed by atoms with Crippen LogP contribution in [-0.2, 0) is 9.59 Å². The molecule has 2 aliphatic rings. The minimum Gasteiger partial charge on any atom is -0.353 e. The highest BCUT2D eigenvalue weighted by atomic mass is 35.5. The van der Waals surface area contributed by atoms with Crippen molar-refractivity contribution in [2.24, 2.45) is 5.92 Å². The van der Waals surface area contributed by atoms with Crippen molar-refractivity contribution in [2.75, 3.05) is 13.1 Å². The molecule has 1 N–H and O–H groups in total. The predicted octanol–water partition coefficient (Wildman–Crippen LogP) is 3.99. The lowest BCUT2D eigenvalue weighted by Crippen LogP contribution is -2.48. The highest BCUT2D eigenvalue weighted by molar-refractivity contribution is 6.30. The Bertz CT molecular complexity index is 690. The first-order valence-corrected chi connectivity index (χ1v) is 10.8. The van der Waals surface area contributed by atoms with Gasteiger partial charge in [-0.05, 0) is 49.9 Å². The van der Waals surface area contributed by atoms with Gasteiger partial charge < -0.3 is 10.2 Å². The third-order valence-electron chi connectivity index (χ3n) is 5.90. The van der Waals surface area contributed by atoms with Crippen LogP contribution in [0.3, 0.4) is 0 Å². The highest BCUT2D eigenvalue weighted by Crippen LogP contribution is 2.24. The van der Waals surface area contributed by atoms with Gasteiger partial charge in [0.25, 0.3) is 0 Å². The Morgan fingerprint density at radius 1 is 0.929 bits per heavy atom. The van der Waals surface area contributed by atoms with Gasteiger partial charge in [-0.3, -0.25) is 14.4 Å². The summed E-state index contributed by atoms with van der Waals surface area (Å²) in [5.41, 5.74) is 0.585. The number of Topliss-reactive ketones (excluding diaryl/α,β-unsaturated/α-hetero) is 1. The van der Waals surface area contributed by atoms with Gasteiger partial charge in [0.15, 0.2) is 5.78 Å². The summed E-state index contributed by atoms with van der Waals surface area (Å²) >= 11 is 5.83. The van der Waals surface area contributed by atoms with E-state index in [1.54, 1.807) is 24.3 Å². The van der Waals surface area contributed by atoms with Crippen LogP contribution in [0.5, 0.6) is 0 Å². The van der Waals surface area contributed by atoms with Crippen molar-refractivity contribution in [3.8, 4) is 0 Å². The topological polar surface area (TPSA) is 66.5 Å². The van der Waals surface area contributed by atoms with Crippen molar-refractivity contribution in [3.05, 3.63) is 34.9 Å². The number of hydrogen-bond acceptors (Lipinski definition) is 3. The Morgan fingerprint density at radius 2 is 1.57 bits per heavy atom. The molecule has 0 unspecified atom stereocenters. The van der Waals surface area contributed by atoms with E-state index in [4.69, 9.17) is 11.6 Å². The zero-order valence-electron chi connectivity index (χ0n) is 16.3. The molecule has 1 heterocycles. The van der Waals surface area contributed by atoms with Crippen molar-refractivity contribution in [3.63, 3.8) is 0 Å². The molecule has 0 spiro atoms. The third-order valence-corrected chi connectivity index (χ3v) is 6.15. The molecule has 5 nitrogen and oxygen atoms in total. The van der Waals surface area contributed by atoms with Gasteiger partial charge in [0.1, 0.15) is 0 Å². The lowest BCUT2D eigenvalue weighted by Gasteiger charge is -2.33. The van der Waals surface area contributed by atoms with Crippen molar-refractivity contribution < 1.29 is 14.4 Å². The average molecular weight is 405 g/mol. The van der Waals surface area contributed by atoms with Crippen LogP contribution >= 0.6 is 11.6 Å². The largest absolute Gasteiger partial charge is 0.353 e. The lowest BCUT2D eigenvalue weighted by molar-refractivity contribution is -0.132. The Balaban J connectivity index is 1.38. The van der Waals surface area contributed by atoms with E-state index in [0.29, 0.717) is 23.7 Å². The summed E-state index contributed by atoms with van der Waals surface area (Å²) in [7, 11) is 0. The van der Waals surface area contributed by atoms with E-state index in [2.05, 4.69) is 5.32 Å². The number of carbonyl (C=O) groups is 3. The van der Waals surface area contributed by atoms with E-state index in [1.165, 1.54) is 6.42 Å². The van der Waals surface area contributed by atoms with Gasteiger partial charge in [-0.2, -0.15) is 0 Å². The van der Waals surface area contributed by atoms with Crippen LogP contribution in [0.4, 0.5) is 0 Å². The second-order valence-corrected chi connectivity index (χ2v) is 8.37. The monoisotopic (exact) mass is 404 g/mol. The summed E-state index contributed by atoms with van der Waals surface area (Å²) in [6, 6.07) is 6.91. The first kappa shape index (κ1) is 20.8. The van der Waals surface area contributed by atoms with E-state index in [0.717, 1.165) is 38.5 Å². The zero-order chi connectivity index (χ0) is 19.9. The van der Waals surface area contributed by atoms with Gasteiger partial charge in [0, 0.05) is 48.5 Å². The molecule has 2 fully saturated rings. The Kier molecular flexibility index (Phi) is 7.49. The number of hydrogen-bond donors (Lipinski definition) is 1. The average Bonchev–Trinajstić information content (AvgIpc) is 2.73. The Hall–Kier alpha value is -1.88. The molecular weight excluding hydrogens is 376 g/mol. The first-order valence-electron chi connectivity index (χ1n) is 10.4. The minimum absolute atomic E-state index is 0.0133. The maximum absolute atomic E-state index is 12.4. The summed E-state index contributed by atoms with van der Waals surface area (Å²) in [5.74, 6) is 0.337. The third kappa shape index (κ3) is 5.81. The van der Waals surface area contributed by atoms with Gasteiger partial charge in [0.05, 0.1) is 0 Å². The molecular formula is C22H29ClN2O3. The lowest BCUT2D eigenvalue weighted by atomic mass is 9.88. The minimum atomic E-state index is -0.0420. The van der Waals surface area contributed by atoms with E-state index in [9.17, 15) is 14.4 Å². The summed E-state index contributed by atoms with van der Waals surface area (Å²) < 4.78 is 0. The molecule has 1 saturated carbocycles. The summed E-state index contributed by atoms with van der Waals surface area (Å²) in [6.45, 7) is 1.28. The van der Waals surface area contributed by atoms with Crippen molar-refractivity contribution in [1.29, 1.82) is 0 Å². The van der Waals surface area contributed by atoms with Crippen LogP contribution in [-0.4, -0.2) is 41.6 Å². The van der Waals surface area contributed by atoms with Crippen molar-refractivity contribution in [1.82, 2.24) is 10.2 Å². The molecule has 0 aromatic heterocycles. The van der Waals surface area contributed by atoms with E-state index in [1.807, 2.05) is 4.90 Å². The standard InChI is InChI=1S/C22H29ClN2O3/c23-18-8-6-16(7-9-18)20(26)10-11-21(27)25-14-12-19(13-15-25)24-22(28)17-4-2-1-3-5-17/h6-9,17,19H,1-5,10-15H2,(H,24,28). The molecule has 1 aliphatic heterocycles. The van der Waals surface area contributed by atoms with Crippen LogP contribution in [0.25, 0.3) is 0 Å². The molecule has 0 atom stereocenters. The molecule has 1 aromatic carbocycles. The quantitative estimate of drug-likeness (QED) is 0.729. The molecule has 152 valence electrons. The smallest absolute Gasteiger partial charge is 0.223 e. The number of halogens is 1. The maximum Gasteiger partial charge on any atom is 0.223 e. The first-order chi connectivity index (χ1) is 13.5. The molecule has 0 bridgehead atoms. The molecule has 1 aliphatic carbocycles. The van der Waals surface area contributed by atoms with E-state index < -0.39 is 0 Å². The molecule has 28 heavy (non-hydrogen) atoms. The molecule has 0 radical (unpaired) electrons. The summed E-state index contributed by atoms with van der Waals surface area (Å²) in [6.07, 6.45) is 7.56. The van der Waals surface area contributed by atoms with Gasteiger partial charge in [-0.1, -0.05) is 30.9 Å². The summed E-state index contributed by atoms with van der Waals surface area (Å²) in [5, 5.41) is 3.77. The fourth-order valence-electron chi connectivity index (χ4n) is 4.12. The second kappa shape index (κ2) is 10.1. The Morgan fingerprint density at radius 3 is 2.21 bits per heavy atom. The van der Waals surface area contributed by atoms with Gasteiger partial charge in [-0.15, -0.1) is 0 Å². The molecule has 2 amide bonds. The van der Waals surface area contributed by atoms with Crippen molar-refractivity contribution >= 4 is 29.2 Å². The number of amides is 2.